The summed E-state index contributed by atoms with van der Waals surface area (Å²) in [5.74, 6) is -0.275. The molecule has 0 aliphatic carbocycles. The Bertz CT molecular complexity index is 339. The SMILES string of the molecule is COC(=O)C(C)(C)[C@@H]1CCC[C@H]2COC(=O)N21. The van der Waals surface area contributed by atoms with Crippen molar-refractivity contribution in [3.05, 3.63) is 0 Å². The van der Waals surface area contributed by atoms with E-state index in [9.17, 15) is 9.59 Å². The van der Waals surface area contributed by atoms with Crippen LogP contribution < -0.4 is 0 Å². The quantitative estimate of drug-likeness (QED) is 0.688. The van der Waals surface area contributed by atoms with Gasteiger partial charge in [0, 0.05) is 0 Å². The molecular weight excluding hydrogens is 222 g/mol. The van der Waals surface area contributed by atoms with E-state index in [1.165, 1.54) is 7.11 Å². The Morgan fingerprint density at radius 3 is 2.82 bits per heavy atom. The lowest BCUT2D eigenvalue weighted by molar-refractivity contribution is -0.155. The molecule has 5 heteroatoms. The number of rotatable bonds is 2. The Balaban J connectivity index is 2.24. The number of carbonyl (C=O) groups is 2. The number of fused-ring (bicyclic) bond motifs is 1. The van der Waals surface area contributed by atoms with Crippen molar-refractivity contribution in [2.45, 2.75) is 45.2 Å². The Hall–Kier alpha value is -1.26. The molecule has 0 aromatic heterocycles. The standard InChI is InChI=1S/C12H19NO4/c1-12(2,10(14)16-3)9-6-4-5-8-7-17-11(15)13(8)9/h8-9H,4-7H2,1-3H3/t8-,9-/m0/s1. The fourth-order valence-electron chi connectivity index (χ4n) is 2.87. The average Bonchev–Trinajstić information content (AvgIpc) is 2.70. The number of piperidine rings is 1. The predicted octanol–water partition coefficient (Wildman–Crippen LogP) is 1.56. The first-order chi connectivity index (χ1) is 7.98. The van der Waals surface area contributed by atoms with Gasteiger partial charge in [-0.2, -0.15) is 0 Å². The zero-order valence-corrected chi connectivity index (χ0v) is 10.6. The number of amides is 1. The number of nitrogens with zero attached hydrogens (tertiary/aromatic N) is 1. The summed E-state index contributed by atoms with van der Waals surface area (Å²) in [4.78, 5) is 25.3. The monoisotopic (exact) mass is 241 g/mol. The Morgan fingerprint density at radius 2 is 2.18 bits per heavy atom. The van der Waals surface area contributed by atoms with Gasteiger partial charge in [-0.25, -0.2) is 4.79 Å². The van der Waals surface area contributed by atoms with Gasteiger partial charge in [0.15, 0.2) is 0 Å². The van der Waals surface area contributed by atoms with Crippen LogP contribution in [0.15, 0.2) is 0 Å². The second kappa shape index (κ2) is 4.20. The molecule has 0 unspecified atom stereocenters. The number of esters is 1. The number of cyclic esters (lactones) is 1. The molecule has 2 saturated heterocycles. The largest absolute Gasteiger partial charge is 0.469 e. The van der Waals surface area contributed by atoms with Gasteiger partial charge >= 0.3 is 12.1 Å². The third-order valence-corrected chi connectivity index (χ3v) is 3.90. The van der Waals surface area contributed by atoms with E-state index >= 15 is 0 Å². The van der Waals surface area contributed by atoms with Gasteiger partial charge in [-0.1, -0.05) is 0 Å². The van der Waals surface area contributed by atoms with Gasteiger partial charge in [-0.05, 0) is 33.1 Å². The highest BCUT2D eigenvalue weighted by Gasteiger charge is 2.50. The van der Waals surface area contributed by atoms with Gasteiger partial charge in [0.2, 0.25) is 0 Å². The smallest absolute Gasteiger partial charge is 0.410 e. The van der Waals surface area contributed by atoms with Crippen molar-refractivity contribution in [2.24, 2.45) is 5.41 Å². The lowest BCUT2D eigenvalue weighted by Crippen LogP contribution is -2.55. The molecule has 0 saturated carbocycles. The van der Waals surface area contributed by atoms with Crippen molar-refractivity contribution in [1.29, 1.82) is 0 Å². The molecule has 2 atom stereocenters. The highest BCUT2D eigenvalue weighted by atomic mass is 16.6. The van der Waals surface area contributed by atoms with Gasteiger partial charge in [-0.3, -0.25) is 9.69 Å². The number of hydrogen-bond acceptors (Lipinski definition) is 4. The summed E-state index contributed by atoms with van der Waals surface area (Å²) in [5, 5.41) is 0. The van der Waals surface area contributed by atoms with Crippen LogP contribution in [0.25, 0.3) is 0 Å². The first-order valence-corrected chi connectivity index (χ1v) is 6.02. The predicted molar refractivity (Wildman–Crippen MR) is 60.4 cm³/mol. The Kier molecular flexibility index (Phi) is 3.02. The maximum atomic E-state index is 11.8. The van der Waals surface area contributed by atoms with Gasteiger partial charge in [-0.15, -0.1) is 0 Å². The van der Waals surface area contributed by atoms with Gasteiger partial charge in [0.25, 0.3) is 0 Å². The van der Waals surface area contributed by atoms with E-state index in [4.69, 9.17) is 9.47 Å². The van der Waals surface area contributed by atoms with Crippen LogP contribution >= 0.6 is 0 Å². The summed E-state index contributed by atoms with van der Waals surface area (Å²) in [6.07, 6.45) is 2.51. The number of carbonyl (C=O) groups excluding carboxylic acids is 2. The second-order valence-corrected chi connectivity index (χ2v) is 5.30. The van der Waals surface area contributed by atoms with Gasteiger partial charge < -0.3 is 9.47 Å². The van der Waals surface area contributed by atoms with Gasteiger partial charge in [0.1, 0.15) is 6.61 Å². The minimum absolute atomic E-state index is 0.122. The molecule has 96 valence electrons. The highest BCUT2D eigenvalue weighted by molar-refractivity contribution is 5.79. The minimum Gasteiger partial charge on any atom is -0.469 e. The van der Waals surface area contributed by atoms with Crippen molar-refractivity contribution in [2.75, 3.05) is 13.7 Å². The molecule has 0 N–H and O–H groups in total. The molecular formula is C12H19NO4. The third kappa shape index (κ3) is 1.87. The average molecular weight is 241 g/mol. The van der Waals surface area contributed by atoms with Crippen molar-refractivity contribution in [3.63, 3.8) is 0 Å². The van der Waals surface area contributed by atoms with Crippen LogP contribution in [0.1, 0.15) is 33.1 Å². The molecule has 0 spiro atoms. The van der Waals surface area contributed by atoms with Crippen LogP contribution in [0.3, 0.4) is 0 Å². The molecule has 0 radical (unpaired) electrons. The van der Waals surface area contributed by atoms with E-state index in [1.54, 1.807) is 4.90 Å². The topological polar surface area (TPSA) is 55.8 Å². The second-order valence-electron chi connectivity index (χ2n) is 5.30. The zero-order valence-electron chi connectivity index (χ0n) is 10.6. The van der Waals surface area contributed by atoms with Crippen LogP contribution in [0.4, 0.5) is 4.79 Å². The van der Waals surface area contributed by atoms with Crippen molar-refractivity contribution in [3.8, 4) is 0 Å². The van der Waals surface area contributed by atoms with Crippen LogP contribution in [0.5, 0.6) is 0 Å². The molecule has 1 amide bonds. The number of hydrogen-bond donors (Lipinski definition) is 0. The van der Waals surface area contributed by atoms with Crippen LogP contribution in [-0.4, -0.2) is 42.8 Å². The number of methoxy groups -OCH3 is 1. The summed E-state index contributed by atoms with van der Waals surface area (Å²) >= 11 is 0. The molecule has 0 aromatic rings. The van der Waals surface area contributed by atoms with Crippen molar-refractivity contribution in [1.82, 2.24) is 4.90 Å². The van der Waals surface area contributed by atoms with Crippen molar-refractivity contribution < 1.29 is 19.1 Å². The highest BCUT2D eigenvalue weighted by Crippen LogP contribution is 2.38. The normalized spacial score (nSPS) is 28.6. The lowest BCUT2D eigenvalue weighted by Gasteiger charge is -2.42. The van der Waals surface area contributed by atoms with E-state index < -0.39 is 5.41 Å². The third-order valence-electron chi connectivity index (χ3n) is 3.90. The summed E-state index contributed by atoms with van der Waals surface area (Å²) in [6, 6.07) is 0.00822. The fraction of sp³-hybridized carbons (Fsp3) is 0.833. The first kappa shape index (κ1) is 12.2. The first-order valence-electron chi connectivity index (χ1n) is 6.02. The summed E-state index contributed by atoms with van der Waals surface area (Å²) in [7, 11) is 1.38. The zero-order chi connectivity index (χ0) is 12.6. The van der Waals surface area contributed by atoms with E-state index in [2.05, 4.69) is 0 Å². The molecule has 0 aromatic carbocycles. The van der Waals surface area contributed by atoms with Crippen LogP contribution in [-0.2, 0) is 14.3 Å². The summed E-state index contributed by atoms with van der Waals surface area (Å²) < 4.78 is 9.91. The lowest BCUT2D eigenvalue weighted by atomic mass is 9.78. The van der Waals surface area contributed by atoms with Crippen LogP contribution in [0, 0.1) is 5.41 Å². The molecule has 0 bridgehead atoms. The maximum Gasteiger partial charge on any atom is 0.410 e. The molecule has 2 fully saturated rings. The van der Waals surface area contributed by atoms with E-state index in [1.807, 2.05) is 13.8 Å². The van der Waals surface area contributed by atoms with E-state index in [0.29, 0.717) is 6.61 Å². The molecule has 5 nitrogen and oxygen atoms in total. The molecule has 2 heterocycles. The molecule has 2 rings (SSSR count). The number of ether oxygens (including phenoxy) is 2. The van der Waals surface area contributed by atoms with E-state index in [-0.39, 0.29) is 24.1 Å². The van der Waals surface area contributed by atoms with E-state index in [0.717, 1.165) is 19.3 Å². The summed E-state index contributed by atoms with van der Waals surface area (Å²) in [5.41, 5.74) is -0.684. The van der Waals surface area contributed by atoms with Crippen LogP contribution in [0.2, 0.25) is 0 Å². The Morgan fingerprint density at radius 1 is 1.47 bits per heavy atom. The fourth-order valence-corrected chi connectivity index (χ4v) is 2.87. The van der Waals surface area contributed by atoms with Gasteiger partial charge in [0.05, 0.1) is 24.6 Å². The maximum absolute atomic E-state index is 11.8. The van der Waals surface area contributed by atoms with Crippen molar-refractivity contribution >= 4 is 12.1 Å². The molecule has 2 aliphatic rings. The Labute approximate surface area is 101 Å². The summed E-state index contributed by atoms with van der Waals surface area (Å²) in [6.45, 7) is 4.11. The minimum atomic E-state index is -0.684. The molecule has 17 heavy (non-hydrogen) atoms. The molecule has 2 aliphatic heterocycles.